The van der Waals surface area contributed by atoms with E-state index in [2.05, 4.69) is 14.1 Å². The topological polar surface area (TPSA) is 35.5 Å². The van der Waals surface area contributed by atoms with Crippen molar-refractivity contribution in [1.82, 2.24) is 0 Å². The van der Waals surface area contributed by atoms with Gasteiger partial charge in [0.15, 0.2) is 0 Å². The average Bonchev–Trinajstić information content (AvgIpc) is 3.46. The molecule has 2 aromatic carbocycles. The van der Waals surface area contributed by atoms with Crippen LogP contribution in [0, 0.1) is 11.8 Å². The first-order chi connectivity index (χ1) is 13.9. The van der Waals surface area contributed by atoms with E-state index >= 15 is 0 Å². The number of halogens is 1. The van der Waals surface area contributed by atoms with Gasteiger partial charge in [0.25, 0.3) is 0 Å². The molecule has 3 heterocycles. The molecule has 1 aliphatic carbocycles. The van der Waals surface area contributed by atoms with Crippen molar-refractivity contribution in [2.45, 2.75) is 49.8 Å². The van der Waals surface area contributed by atoms with Crippen molar-refractivity contribution in [1.29, 1.82) is 0 Å². The third kappa shape index (κ3) is 2.57. The zero-order valence-corrected chi connectivity index (χ0v) is 19.3. The highest BCUT2D eigenvalue weighted by Crippen LogP contribution is 2.61. The van der Waals surface area contributed by atoms with E-state index in [0.717, 1.165) is 51.8 Å². The van der Waals surface area contributed by atoms with Crippen LogP contribution in [0.2, 0.25) is 0 Å². The highest BCUT2D eigenvalue weighted by molar-refractivity contribution is 5.90. The molecule has 5 atom stereocenters. The van der Waals surface area contributed by atoms with Crippen LogP contribution in [0.15, 0.2) is 48.5 Å². The predicted molar refractivity (Wildman–Crippen MR) is 110 cm³/mol. The normalized spacial score (nSPS) is 33.1. The summed E-state index contributed by atoms with van der Waals surface area (Å²) in [4.78, 5) is 13.7. The number of piperidine rings is 2. The van der Waals surface area contributed by atoms with Gasteiger partial charge in [-0.15, -0.1) is 0 Å². The first-order valence-electron chi connectivity index (χ1n) is 10.8. The lowest BCUT2D eigenvalue weighted by Crippen LogP contribution is -3.00. The Balaban J connectivity index is 0.00000193. The number of ether oxygens (including phenoxy) is 2. The quantitative estimate of drug-likeness (QED) is 0.490. The molecule has 3 fully saturated rings. The number of esters is 1. The second-order valence-electron chi connectivity index (χ2n) is 10.0. The molecule has 2 aromatic rings. The first-order valence-corrected chi connectivity index (χ1v) is 10.8. The number of para-hydroxylation sites is 2. The molecule has 6 rings (SSSR count). The molecule has 0 radical (unpaired) electrons. The van der Waals surface area contributed by atoms with E-state index in [-0.39, 0.29) is 29.1 Å². The molecule has 4 aliphatic rings. The lowest BCUT2D eigenvalue weighted by Gasteiger charge is -2.46. The second-order valence-corrected chi connectivity index (χ2v) is 10.0. The lowest BCUT2D eigenvalue weighted by atomic mass is 9.74. The zero-order valence-electron chi connectivity index (χ0n) is 17.7. The van der Waals surface area contributed by atoms with E-state index in [1.165, 1.54) is 6.42 Å². The van der Waals surface area contributed by atoms with E-state index in [9.17, 15) is 4.79 Å². The lowest BCUT2D eigenvalue weighted by molar-refractivity contribution is -0.937. The monoisotopic (exact) mass is 469 g/mol. The van der Waals surface area contributed by atoms with Crippen molar-refractivity contribution in [2.75, 3.05) is 14.1 Å². The summed E-state index contributed by atoms with van der Waals surface area (Å²) in [5.41, 5.74) is 0.928. The maximum absolute atomic E-state index is 13.7. The van der Waals surface area contributed by atoms with Crippen molar-refractivity contribution >= 4 is 5.97 Å². The SMILES string of the molecule is CC1(C(=O)OC2CC3C4C[C@@H]4[C@H](C2)[N+]3(C)C)c2ccccc2Oc2ccccc21.[Br-]. The van der Waals surface area contributed by atoms with Gasteiger partial charge in [0.05, 0.1) is 26.2 Å². The third-order valence-corrected chi connectivity index (χ3v) is 8.35. The van der Waals surface area contributed by atoms with Gasteiger partial charge >= 0.3 is 5.97 Å². The fourth-order valence-electron chi connectivity index (χ4n) is 6.67. The number of fused-ring (bicyclic) bond motifs is 7. The first kappa shape index (κ1) is 20.1. The summed E-state index contributed by atoms with van der Waals surface area (Å²) < 4.78 is 13.5. The summed E-state index contributed by atoms with van der Waals surface area (Å²) in [6, 6.07) is 17.0. The van der Waals surface area contributed by atoms with Gasteiger partial charge < -0.3 is 30.9 Å². The molecule has 3 unspecified atom stereocenters. The van der Waals surface area contributed by atoms with Crippen molar-refractivity contribution in [3.63, 3.8) is 0 Å². The summed E-state index contributed by atoms with van der Waals surface area (Å²) in [7, 11) is 4.73. The number of quaternary nitrogens is 1. The van der Waals surface area contributed by atoms with Crippen LogP contribution in [-0.4, -0.2) is 42.7 Å². The van der Waals surface area contributed by atoms with E-state index < -0.39 is 5.41 Å². The molecular weight excluding hydrogens is 442 g/mol. The predicted octanol–water partition coefficient (Wildman–Crippen LogP) is 1.27. The fourth-order valence-corrected chi connectivity index (χ4v) is 6.67. The zero-order chi connectivity index (χ0) is 20.0. The van der Waals surface area contributed by atoms with Crippen LogP contribution in [-0.2, 0) is 14.9 Å². The van der Waals surface area contributed by atoms with Gasteiger partial charge in [-0.1, -0.05) is 36.4 Å². The van der Waals surface area contributed by atoms with Crippen molar-refractivity contribution in [3.05, 3.63) is 59.7 Å². The van der Waals surface area contributed by atoms with Gasteiger partial charge in [0, 0.05) is 35.8 Å². The molecule has 1 saturated carbocycles. The van der Waals surface area contributed by atoms with Gasteiger partial charge in [-0.2, -0.15) is 0 Å². The molecule has 0 spiro atoms. The number of rotatable bonds is 2. The maximum atomic E-state index is 13.7. The molecule has 30 heavy (non-hydrogen) atoms. The van der Waals surface area contributed by atoms with Crippen molar-refractivity contribution in [3.8, 4) is 11.5 Å². The van der Waals surface area contributed by atoms with Crippen LogP contribution in [0.5, 0.6) is 11.5 Å². The van der Waals surface area contributed by atoms with Crippen LogP contribution in [0.1, 0.15) is 37.3 Å². The molecule has 0 amide bonds. The van der Waals surface area contributed by atoms with Crippen LogP contribution >= 0.6 is 0 Å². The Labute approximate surface area is 188 Å². The van der Waals surface area contributed by atoms with Crippen molar-refractivity contribution < 1.29 is 35.7 Å². The maximum Gasteiger partial charge on any atom is 0.321 e. The minimum atomic E-state index is -0.852. The summed E-state index contributed by atoms with van der Waals surface area (Å²) in [5, 5.41) is 0. The van der Waals surface area contributed by atoms with Crippen LogP contribution in [0.3, 0.4) is 0 Å². The number of nitrogens with zero attached hydrogens (tertiary/aromatic N) is 1. The molecule has 3 aliphatic heterocycles. The van der Waals surface area contributed by atoms with Gasteiger partial charge in [-0.05, 0) is 25.5 Å². The molecule has 2 saturated heterocycles. The van der Waals surface area contributed by atoms with E-state index in [0.29, 0.717) is 12.1 Å². The molecule has 2 bridgehead atoms. The number of hydrogen-bond acceptors (Lipinski definition) is 3. The van der Waals surface area contributed by atoms with E-state index in [4.69, 9.17) is 9.47 Å². The van der Waals surface area contributed by atoms with Gasteiger partial charge in [-0.3, -0.25) is 4.79 Å². The van der Waals surface area contributed by atoms with Crippen LogP contribution < -0.4 is 21.7 Å². The van der Waals surface area contributed by atoms with E-state index in [1.54, 1.807) is 0 Å². The molecule has 158 valence electrons. The Morgan fingerprint density at radius 2 is 1.43 bits per heavy atom. The third-order valence-electron chi connectivity index (χ3n) is 8.35. The minimum Gasteiger partial charge on any atom is -1.00 e. The minimum absolute atomic E-state index is 0. The largest absolute Gasteiger partial charge is 1.00 e. The van der Waals surface area contributed by atoms with Crippen molar-refractivity contribution in [2.24, 2.45) is 11.8 Å². The Bertz CT molecular complexity index is 953. The van der Waals surface area contributed by atoms with Gasteiger partial charge in [-0.25, -0.2) is 0 Å². The Kier molecular flexibility index (Phi) is 4.40. The van der Waals surface area contributed by atoms with Gasteiger partial charge in [0.2, 0.25) is 0 Å². The molecule has 0 N–H and O–H groups in total. The summed E-state index contributed by atoms with van der Waals surface area (Å²) in [5.74, 6) is 3.03. The van der Waals surface area contributed by atoms with Gasteiger partial charge in [0.1, 0.15) is 23.0 Å². The molecule has 4 nitrogen and oxygen atoms in total. The average molecular weight is 470 g/mol. The number of carbonyl (C=O) groups excluding carboxylic acids is 1. The van der Waals surface area contributed by atoms with Crippen LogP contribution in [0.4, 0.5) is 0 Å². The molecule has 5 heteroatoms. The Morgan fingerprint density at radius 1 is 0.933 bits per heavy atom. The standard InChI is InChI=1S/C25H28NO3.BrH/c1-25(18-8-4-6-10-22(18)29-23-11-7-5-9-19(23)25)24(27)28-15-12-20-16-14-17(16)21(13-15)26(20,2)3;/h4-11,15-17,20-21H,12-14H2,1-3H3;1H/q+1;/p-1/t15?,16-,17?,20-,21?;/m0./s1. The Hall–Kier alpha value is -1.85. The fraction of sp³-hybridized carbons (Fsp3) is 0.480. The molecular formula is C25H28BrNO3. The number of hydrogen-bond donors (Lipinski definition) is 0. The summed E-state index contributed by atoms with van der Waals surface area (Å²) in [6.45, 7) is 1.99. The number of benzene rings is 2. The Morgan fingerprint density at radius 3 is 1.97 bits per heavy atom. The highest BCUT2D eigenvalue weighted by Gasteiger charge is 2.68. The highest BCUT2D eigenvalue weighted by atomic mass is 79.9. The second kappa shape index (κ2) is 6.57. The smallest absolute Gasteiger partial charge is 0.321 e. The van der Waals surface area contributed by atoms with E-state index in [1.807, 2.05) is 55.5 Å². The molecule has 0 aromatic heterocycles. The number of carbonyl (C=O) groups is 1. The van der Waals surface area contributed by atoms with Crippen LogP contribution in [0.25, 0.3) is 0 Å². The summed E-state index contributed by atoms with van der Waals surface area (Å²) >= 11 is 0. The summed E-state index contributed by atoms with van der Waals surface area (Å²) in [6.07, 6.45) is 3.39.